The van der Waals surface area contributed by atoms with Gasteiger partial charge in [0.2, 0.25) is 0 Å². The van der Waals surface area contributed by atoms with Gasteiger partial charge in [-0.3, -0.25) is 0 Å². The van der Waals surface area contributed by atoms with Crippen LogP contribution in [0.3, 0.4) is 0 Å². The zero-order valence-corrected chi connectivity index (χ0v) is 16.6. The normalized spacial score (nSPS) is 11.8. The molecule has 5 nitrogen and oxygen atoms in total. The molecule has 1 amide bonds. The van der Waals surface area contributed by atoms with Gasteiger partial charge in [0.05, 0.1) is 13.2 Å². The molecule has 1 atom stereocenters. The number of hydrogen-bond acceptors (Lipinski definition) is 4. The van der Waals surface area contributed by atoms with Crippen molar-refractivity contribution < 1.29 is 19.1 Å². The average Bonchev–Trinajstić information content (AvgIpc) is 2.59. The van der Waals surface area contributed by atoms with Gasteiger partial charge in [0, 0.05) is 0 Å². The summed E-state index contributed by atoms with van der Waals surface area (Å²) in [5.41, 5.74) is 0. The molecule has 0 saturated carbocycles. The zero-order chi connectivity index (χ0) is 18.8. The lowest BCUT2D eigenvalue weighted by molar-refractivity contribution is -0.145. The highest BCUT2D eigenvalue weighted by Crippen LogP contribution is 2.10. The molecule has 148 valence electrons. The Morgan fingerprint density at radius 2 is 1.20 bits per heavy atom. The van der Waals surface area contributed by atoms with Gasteiger partial charge in [0.1, 0.15) is 6.04 Å². The van der Waals surface area contributed by atoms with E-state index in [4.69, 9.17) is 9.47 Å². The van der Waals surface area contributed by atoms with E-state index < -0.39 is 18.1 Å². The Kier molecular flexibility index (Phi) is 16.7. The summed E-state index contributed by atoms with van der Waals surface area (Å²) in [6.07, 6.45) is 13.7. The lowest BCUT2D eigenvalue weighted by atomic mass is 10.1. The fourth-order valence-corrected chi connectivity index (χ4v) is 2.47. The fraction of sp³-hybridized carbons (Fsp3) is 0.900. The summed E-state index contributed by atoms with van der Waals surface area (Å²) in [7, 11) is 0. The van der Waals surface area contributed by atoms with Crippen LogP contribution in [0.5, 0.6) is 0 Å². The monoisotopic (exact) mass is 357 g/mol. The molecule has 0 aromatic heterocycles. The minimum absolute atomic E-state index is 0.378. The Balaban J connectivity index is 3.46. The van der Waals surface area contributed by atoms with Crippen molar-refractivity contribution >= 4 is 12.1 Å². The number of hydrogen-bond donors (Lipinski definition) is 1. The topological polar surface area (TPSA) is 64.6 Å². The smallest absolute Gasteiger partial charge is 0.407 e. The van der Waals surface area contributed by atoms with Crippen molar-refractivity contribution in [2.45, 2.75) is 104 Å². The first-order valence-corrected chi connectivity index (χ1v) is 10.2. The van der Waals surface area contributed by atoms with Gasteiger partial charge in [-0.25, -0.2) is 9.59 Å². The molecule has 0 aliphatic carbocycles. The third-order valence-corrected chi connectivity index (χ3v) is 4.16. The Morgan fingerprint density at radius 3 is 1.76 bits per heavy atom. The maximum Gasteiger partial charge on any atom is 0.407 e. The highest BCUT2D eigenvalue weighted by Gasteiger charge is 2.17. The van der Waals surface area contributed by atoms with Gasteiger partial charge < -0.3 is 14.8 Å². The molecule has 25 heavy (non-hydrogen) atoms. The van der Waals surface area contributed by atoms with Crippen LogP contribution in [0.15, 0.2) is 0 Å². The van der Waals surface area contributed by atoms with Crippen LogP contribution < -0.4 is 5.32 Å². The summed E-state index contributed by atoms with van der Waals surface area (Å²) < 4.78 is 10.1. The van der Waals surface area contributed by atoms with Gasteiger partial charge >= 0.3 is 12.1 Å². The number of nitrogens with one attached hydrogen (secondary N) is 1. The van der Waals surface area contributed by atoms with Crippen molar-refractivity contribution in [1.82, 2.24) is 5.32 Å². The second-order valence-electron chi connectivity index (χ2n) is 6.70. The maximum atomic E-state index is 11.8. The molecule has 1 unspecified atom stereocenters. The number of unbranched alkanes of at least 4 members (excludes halogenated alkanes) is 10. The summed E-state index contributed by atoms with van der Waals surface area (Å²) >= 11 is 0. The van der Waals surface area contributed by atoms with Crippen LogP contribution in [0.25, 0.3) is 0 Å². The van der Waals surface area contributed by atoms with Crippen LogP contribution in [0.4, 0.5) is 4.79 Å². The molecule has 5 heteroatoms. The fourth-order valence-electron chi connectivity index (χ4n) is 2.47. The second-order valence-corrected chi connectivity index (χ2v) is 6.70. The van der Waals surface area contributed by atoms with Crippen molar-refractivity contribution in [2.24, 2.45) is 0 Å². The number of rotatable bonds is 16. The Hall–Kier alpha value is -1.26. The summed E-state index contributed by atoms with van der Waals surface area (Å²) in [5.74, 6) is -0.400. The standard InChI is InChI=1S/C20H39NO4/c1-4-6-8-9-10-11-12-13-14-15-17-24-19(22)18(3)21-20(23)25-16-7-5-2/h18H,4-17H2,1-3H3,(H,21,23). The molecule has 0 aliphatic rings. The second kappa shape index (κ2) is 17.6. The molecular weight excluding hydrogens is 318 g/mol. The lowest BCUT2D eigenvalue weighted by Crippen LogP contribution is -2.40. The number of ether oxygens (including phenoxy) is 2. The van der Waals surface area contributed by atoms with E-state index in [0.29, 0.717) is 13.2 Å². The first-order valence-electron chi connectivity index (χ1n) is 10.2. The lowest BCUT2D eigenvalue weighted by Gasteiger charge is -2.13. The van der Waals surface area contributed by atoms with Crippen LogP contribution in [-0.4, -0.2) is 31.3 Å². The molecule has 0 rings (SSSR count). The predicted molar refractivity (Wildman–Crippen MR) is 102 cm³/mol. The quantitative estimate of drug-likeness (QED) is 0.298. The number of amides is 1. The van der Waals surface area contributed by atoms with Crippen molar-refractivity contribution in [2.75, 3.05) is 13.2 Å². The summed E-state index contributed by atoms with van der Waals surface area (Å²) in [5, 5.41) is 2.49. The first-order chi connectivity index (χ1) is 12.1. The third-order valence-electron chi connectivity index (χ3n) is 4.16. The van der Waals surface area contributed by atoms with Gasteiger partial charge in [-0.15, -0.1) is 0 Å². The van der Waals surface area contributed by atoms with Crippen molar-refractivity contribution in [3.63, 3.8) is 0 Å². The Bertz CT molecular complexity index is 334. The molecule has 0 aromatic carbocycles. The Labute approximate surface area is 154 Å². The van der Waals surface area contributed by atoms with Gasteiger partial charge in [0.25, 0.3) is 0 Å². The summed E-state index contributed by atoms with van der Waals surface area (Å²) in [4.78, 5) is 23.2. The van der Waals surface area contributed by atoms with E-state index in [1.165, 1.54) is 51.4 Å². The molecular formula is C20H39NO4. The maximum absolute atomic E-state index is 11.8. The highest BCUT2D eigenvalue weighted by molar-refractivity contribution is 5.80. The molecule has 1 N–H and O–H groups in total. The molecule has 0 fully saturated rings. The Morgan fingerprint density at radius 1 is 0.720 bits per heavy atom. The zero-order valence-electron chi connectivity index (χ0n) is 16.6. The largest absolute Gasteiger partial charge is 0.464 e. The van der Waals surface area contributed by atoms with Gasteiger partial charge in [-0.2, -0.15) is 0 Å². The van der Waals surface area contributed by atoms with Crippen LogP contribution in [0, 0.1) is 0 Å². The molecule has 0 radical (unpaired) electrons. The molecule has 0 heterocycles. The van der Waals surface area contributed by atoms with Crippen molar-refractivity contribution in [3.05, 3.63) is 0 Å². The SMILES string of the molecule is CCCCCCCCCCCCOC(=O)C(C)NC(=O)OCCCC. The first kappa shape index (κ1) is 23.7. The van der Waals surface area contributed by atoms with Crippen LogP contribution in [0.2, 0.25) is 0 Å². The number of carbonyl (C=O) groups is 2. The number of carbonyl (C=O) groups excluding carboxylic acids is 2. The molecule has 0 aliphatic heterocycles. The number of esters is 1. The molecule has 0 aromatic rings. The van der Waals surface area contributed by atoms with E-state index in [1.807, 2.05) is 6.92 Å². The van der Waals surface area contributed by atoms with Gasteiger partial charge in [-0.1, -0.05) is 78.1 Å². The van der Waals surface area contributed by atoms with Gasteiger partial charge in [0.15, 0.2) is 0 Å². The molecule has 0 bridgehead atoms. The van der Waals surface area contributed by atoms with Gasteiger partial charge in [-0.05, 0) is 19.8 Å². The minimum Gasteiger partial charge on any atom is -0.464 e. The average molecular weight is 358 g/mol. The number of alkyl carbamates (subject to hydrolysis) is 1. The van der Waals surface area contributed by atoms with E-state index in [0.717, 1.165) is 25.7 Å². The highest BCUT2D eigenvalue weighted by atomic mass is 16.6. The van der Waals surface area contributed by atoms with E-state index >= 15 is 0 Å². The van der Waals surface area contributed by atoms with E-state index in [1.54, 1.807) is 6.92 Å². The third kappa shape index (κ3) is 16.0. The van der Waals surface area contributed by atoms with E-state index in [2.05, 4.69) is 12.2 Å². The summed E-state index contributed by atoms with van der Waals surface area (Å²) in [6, 6.07) is -0.669. The van der Waals surface area contributed by atoms with Crippen molar-refractivity contribution in [1.29, 1.82) is 0 Å². The van der Waals surface area contributed by atoms with Crippen LogP contribution in [-0.2, 0) is 14.3 Å². The van der Waals surface area contributed by atoms with E-state index in [-0.39, 0.29) is 0 Å². The molecule has 0 saturated heterocycles. The predicted octanol–water partition coefficient (Wildman–Crippen LogP) is 5.37. The van der Waals surface area contributed by atoms with Crippen molar-refractivity contribution in [3.8, 4) is 0 Å². The summed E-state index contributed by atoms with van der Waals surface area (Å²) in [6.45, 7) is 6.68. The molecule has 0 spiro atoms. The van der Waals surface area contributed by atoms with Crippen LogP contribution >= 0.6 is 0 Å². The van der Waals surface area contributed by atoms with Crippen LogP contribution in [0.1, 0.15) is 97.8 Å². The minimum atomic E-state index is -0.669. The van der Waals surface area contributed by atoms with E-state index in [9.17, 15) is 9.59 Å².